The van der Waals surface area contributed by atoms with Crippen molar-refractivity contribution in [2.24, 2.45) is 5.73 Å². The molecule has 3 N–H and O–H groups in total. The lowest BCUT2D eigenvalue weighted by molar-refractivity contribution is -0.117. The number of nitrogens with two attached hydrogens (primary N) is 1. The van der Waals surface area contributed by atoms with Crippen molar-refractivity contribution in [3.05, 3.63) is 23.8 Å². The highest BCUT2D eigenvalue weighted by atomic mass is 16.5. The van der Waals surface area contributed by atoms with Gasteiger partial charge in [-0.15, -0.1) is 0 Å². The van der Waals surface area contributed by atoms with Crippen LogP contribution in [0.1, 0.15) is 19.4 Å². The lowest BCUT2D eigenvalue weighted by Gasteiger charge is -2.26. The summed E-state index contributed by atoms with van der Waals surface area (Å²) in [5.74, 6) is 1.04. The molecule has 0 radical (unpaired) electrons. The van der Waals surface area contributed by atoms with Crippen LogP contribution in [0.4, 0.5) is 0 Å². The highest BCUT2D eigenvalue weighted by Gasteiger charge is 2.22. The van der Waals surface area contributed by atoms with E-state index in [9.17, 15) is 4.79 Å². The van der Waals surface area contributed by atoms with Crippen LogP contribution in [0.3, 0.4) is 0 Å². The second kappa shape index (κ2) is 6.43. The molecule has 0 saturated carbocycles. The first-order chi connectivity index (χ1) is 8.90. The molecule has 1 amide bonds. The fourth-order valence-electron chi connectivity index (χ4n) is 1.86. The number of hydrogen-bond donors (Lipinski definition) is 2. The van der Waals surface area contributed by atoms with E-state index in [1.165, 1.54) is 0 Å². The smallest absolute Gasteiger partial charge is 0.231 e. The molecule has 0 saturated heterocycles. The third kappa shape index (κ3) is 4.13. The van der Waals surface area contributed by atoms with Gasteiger partial charge in [0, 0.05) is 12.0 Å². The molecule has 0 spiro atoms. The Morgan fingerprint density at radius 1 is 1.26 bits per heavy atom. The average Bonchev–Trinajstić information content (AvgIpc) is 2.37. The van der Waals surface area contributed by atoms with Crippen molar-refractivity contribution < 1.29 is 14.3 Å². The molecule has 0 aliphatic heterocycles. The van der Waals surface area contributed by atoms with Gasteiger partial charge in [0.1, 0.15) is 0 Å². The molecule has 5 nitrogen and oxygen atoms in total. The second-order valence-corrected chi connectivity index (χ2v) is 5.02. The molecule has 0 atom stereocenters. The second-order valence-electron chi connectivity index (χ2n) is 5.02. The maximum Gasteiger partial charge on any atom is 0.231 e. The molecule has 1 aromatic carbocycles. The quantitative estimate of drug-likeness (QED) is 0.774. The lowest BCUT2D eigenvalue weighted by Crippen LogP contribution is -2.37. The maximum absolute atomic E-state index is 10.7. The number of ether oxygens (including phenoxy) is 2. The van der Waals surface area contributed by atoms with E-state index in [0.717, 1.165) is 5.56 Å². The Morgan fingerprint density at radius 3 is 2.42 bits per heavy atom. The highest BCUT2D eigenvalue weighted by molar-refractivity contribution is 5.75. The number of amides is 1. The third-order valence-electron chi connectivity index (χ3n) is 3.03. The number of carbonyl (C=O) groups is 1. The number of hydrogen-bond acceptors (Lipinski definition) is 4. The number of rotatable bonds is 7. The van der Waals surface area contributed by atoms with Gasteiger partial charge < -0.3 is 20.5 Å². The molecule has 5 heteroatoms. The number of nitrogens with one attached hydrogen (secondary N) is 1. The summed E-state index contributed by atoms with van der Waals surface area (Å²) in [7, 11) is 3.22. The molecular weight excluding hydrogens is 244 g/mol. The summed E-state index contributed by atoms with van der Waals surface area (Å²) in [5.41, 5.74) is 6.06. The minimum absolute atomic E-state index is 0.144. The Labute approximate surface area is 114 Å². The topological polar surface area (TPSA) is 73.6 Å². The molecule has 1 rings (SSSR count). The summed E-state index contributed by atoms with van der Waals surface area (Å²) in [4.78, 5) is 10.7. The van der Waals surface area contributed by atoms with Crippen LogP contribution in [0, 0.1) is 0 Å². The maximum atomic E-state index is 10.7. The number of benzene rings is 1. The first-order valence-corrected chi connectivity index (χ1v) is 6.12. The Kier molecular flexibility index (Phi) is 5.18. The SMILES string of the molecule is COc1ccc(C(C)(C)CNCC(N)=O)cc1OC. The van der Waals surface area contributed by atoms with Gasteiger partial charge in [-0.05, 0) is 17.7 Å². The summed E-state index contributed by atoms with van der Waals surface area (Å²) in [6.07, 6.45) is 0. The molecule has 106 valence electrons. The molecule has 0 fully saturated rings. The molecule has 0 aliphatic rings. The number of carbonyl (C=O) groups excluding carboxylic acids is 1. The van der Waals surface area contributed by atoms with Gasteiger partial charge in [0.25, 0.3) is 0 Å². The van der Waals surface area contributed by atoms with Crippen molar-refractivity contribution in [2.45, 2.75) is 19.3 Å². The van der Waals surface area contributed by atoms with Crippen molar-refractivity contribution in [1.29, 1.82) is 0 Å². The average molecular weight is 266 g/mol. The highest BCUT2D eigenvalue weighted by Crippen LogP contribution is 2.32. The molecular formula is C14H22N2O3. The minimum Gasteiger partial charge on any atom is -0.493 e. The van der Waals surface area contributed by atoms with Crippen LogP contribution >= 0.6 is 0 Å². The molecule has 1 aromatic rings. The Hall–Kier alpha value is -1.75. The summed E-state index contributed by atoms with van der Waals surface area (Å²) >= 11 is 0. The molecule has 0 bridgehead atoms. The van der Waals surface area contributed by atoms with Gasteiger partial charge in [-0.25, -0.2) is 0 Å². The minimum atomic E-state index is -0.358. The van der Waals surface area contributed by atoms with Gasteiger partial charge in [0.2, 0.25) is 5.91 Å². The fourth-order valence-corrected chi connectivity index (χ4v) is 1.86. The Bertz CT molecular complexity index is 444. The van der Waals surface area contributed by atoms with Crippen LogP contribution in [0.5, 0.6) is 11.5 Å². The zero-order valence-electron chi connectivity index (χ0n) is 11.9. The predicted octanol–water partition coefficient (Wildman–Crippen LogP) is 1.06. The van der Waals surface area contributed by atoms with Crippen LogP contribution in [0.2, 0.25) is 0 Å². The molecule has 0 aliphatic carbocycles. The van der Waals surface area contributed by atoms with Gasteiger partial charge in [-0.1, -0.05) is 19.9 Å². The van der Waals surface area contributed by atoms with E-state index in [0.29, 0.717) is 18.0 Å². The van der Waals surface area contributed by atoms with E-state index in [4.69, 9.17) is 15.2 Å². The van der Waals surface area contributed by atoms with Crippen molar-refractivity contribution >= 4 is 5.91 Å². The first kappa shape index (κ1) is 15.3. The van der Waals surface area contributed by atoms with Gasteiger partial charge in [-0.2, -0.15) is 0 Å². The van der Waals surface area contributed by atoms with Gasteiger partial charge in [0.05, 0.1) is 20.8 Å². The third-order valence-corrected chi connectivity index (χ3v) is 3.03. The van der Waals surface area contributed by atoms with E-state index < -0.39 is 0 Å². The Balaban J connectivity index is 2.85. The first-order valence-electron chi connectivity index (χ1n) is 6.12. The van der Waals surface area contributed by atoms with Crippen molar-refractivity contribution in [3.8, 4) is 11.5 Å². The lowest BCUT2D eigenvalue weighted by atomic mass is 9.84. The van der Waals surface area contributed by atoms with Crippen molar-refractivity contribution in [1.82, 2.24) is 5.32 Å². The predicted molar refractivity (Wildman–Crippen MR) is 74.6 cm³/mol. The molecule has 19 heavy (non-hydrogen) atoms. The summed E-state index contributed by atoms with van der Waals surface area (Å²) in [6.45, 7) is 4.99. The van der Waals surface area contributed by atoms with Gasteiger partial charge >= 0.3 is 0 Å². The van der Waals surface area contributed by atoms with E-state index in [2.05, 4.69) is 19.2 Å². The Morgan fingerprint density at radius 2 is 1.89 bits per heavy atom. The van der Waals surface area contributed by atoms with Crippen LogP contribution in [-0.4, -0.2) is 33.2 Å². The van der Waals surface area contributed by atoms with E-state index >= 15 is 0 Å². The molecule has 0 heterocycles. The summed E-state index contributed by atoms with van der Waals surface area (Å²) in [6, 6.07) is 5.82. The zero-order valence-corrected chi connectivity index (χ0v) is 11.9. The van der Waals surface area contributed by atoms with Crippen molar-refractivity contribution in [2.75, 3.05) is 27.3 Å². The van der Waals surface area contributed by atoms with Crippen LogP contribution in [0.15, 0.2) is 18.2 Å². The number of primary amides is 1. The van der Waals surface area contributed by atoms with E-state index in [1.807, 2.05) is 18.2 Å². The fraction of sp³-hybridized carbons (Fsp3) is 0.500. The zero-order chi connectivity index (χ0) is 14.5. The van der Waals surface area contributed by atoms with E-state index in [1.54, 1.807) is 14.2 Å². The summed E-state index contributed by atoms with van der Waals surface area (Å²) < 4.78 is 10.5. The standard InChI is InChI=1S/C14H22N2O3/c1-14(2,9-16-8-13(15)17)10-5-6-11(18-3)12(7-10)19-4/h5-7,16H,8-9H2,1-4H3,(H2,15,17). The van der Waals surface area contributed by atoms with Crippen molar-refractivity contribution in [3.63, 3.8) is 0 Å². The van der Waals surface area contributed by atoms with Gasteiger partial charge in [0.15, 0.2) is 11.5 Å². The van der Waals surface area contributed by atoms with Crippen LogP contribution < -0.4 is 20.5 Å². The van der Waals surface area contributed by atoms with E-state index in [-0.39, 0.29) is 17.9 Å². The molecule has 0 unspecified atom stereocenters. The van der Waals surface area contributed by atoms with Crippen LogP contribution in [0.25, 0.3) is 0 Å². The largest absolute Gasteiger partial charge is 0.493 e. The summed E-state index contributed by atoms with van der Waals surface area (Å²) in [5, 5.41) is 3.04. The monoisotopic (exact) mass is 266 g/mol. The molecule has 0 aromatic heterocycles. The van der Waals surface area contributed by atoms with Crippen LogP contribution in [-0.2, 0) is 10.2 Å². The number of methoxy groups -OCH3 is 2. The van der Waals surface area contributed by atoms with Gasteiger partial charge in [-0.3, -0.25) is 4.79 Å². The normalized spacial score (nSPS) is 11.2.